The summed E-state index contributed by atoms with van der Waals surface area (Å²) in [5, 5.41) is 0. The van der Waals surface area contributed by atoms with E-state index in [0.717, 1.165) is 84.5 Å². The van der Waals surface area contributed by atoms with Crippen molar-refractivity contribution in [2.75, 3.05) is 72.0 Å². The van der Waals surface area contributed by atoms with E-state index in [1.165, 1.54) is 225 Å². The van der Waals surface area contributed by atoms with Gasteiger partial charge in [-0.25, -0.2) is 0 Å². The van der Waals surface area contributed by atoms with Crippen LogP contribution in [0.25, 0.3) is 0 Å². The number of hydrogen-bond donors (Lipinski definition) is 0. The van der Waals surface area contributed by atoms with E-state index < -0.39 is 0 Å². The van der Waals surface area contributed by atoms with E-state index >= 15 is 0 Å². The molecule has 63 heavy (non-hydrogen) atoms. The number of carbonyl (C=O) groups is 2. The molecule has 1 aliphatic heterocycles. The molecule has 1 aliphatic rings. The lowest BCUT2D eigenvalue weighted by atomic mass is 9.94. The van der Waals surface area contributed by atoms with Gasteiger partial charge in [0.05, 0.1) is 6.54 Å². The predicted molar refractivity (Wildman–Crippen MR) is 278 cm³/mol. The van der Waals surface area contributed by atoms with E-state index in [-0.39, 0.29) is 0 Å². The monoisotopic (exact) mass is 887 g/mol. The first-order valence-electron chi connectivity index (χ1n) is 28.9. The molecule has 0 bridgehead atoms. The van der Waals surface area contributed by atoms with E-state index in [9.17, 15) is 9.59 Å². The van der Waals surface area contributed by atoms with Gasteiger partial charge in [-0.2, -0.15) is 0 Å². The van der Waals surface area contributed by atoms with Crippen LogP contribution in [-0.4, -0.2) is 103 Å². The van der Waals surface area contributed by atoms with Gasteiger partial charge in [0.1, 0.15) is 5.78 Å². The third-order valence-corrected chi connectivity index (χ3v) is 14.4. The highest BCUT2D eigenvalue weighted by Gasteiger charge is 2.25. The summed E-state index contributed by atoms with van der Waals surface area (Å²) in [6, 6.07) is 0. The molecule has 0 radical (unpaired) electrons. The first-order valence-corrected chi connectivity index (χ1v) is 28.9. The topological polar surface area (TPSA) is 47.1 Å². The zero-order valence-corrected chi connectivity index (χ0v) is 43.8. The highest BCUT2D eigenvalue weighted by molar-refractivity contribution is 5.78. The van der Waals surface area contributed by atoms with Crippen molar-refractivity contribution in [1.82, 2.24) is 19.6 Å². The zero-order chi connectivity index (χ0) is 45.7. The van der Waals surface area contributed by atoms with Gasteiger partial charge in [0.15, 0.2) is 0 Å². The van der Waals surface area contributed by atoms with Crippen LogP contribution in [0, 0.1) is 5.92 Å². The first-order chi connectivity index (χ1) is 31.0. The summed E-state index contributed by atoms with van der Waals surface area (Å²) in [6.07, 6.45) is 48.6. The van der Waals surface area contributed by atoms with Crippen molar-refractivity contribution >= 4 is 11.7 Å². The Balaban J connectivity index is 2.83. The van der Waals surface area contributed by atoms with Gasteiger partial charge in [-0.05, 0) is 103 Å². The largest absolute Gasteiger partial charge is 0.341 e. The van der Waals surface area contributed by atoms with E-state index in [4.69, 9.17) is 0 Å². The van der Waals surface area contributed by atoms with E-state index in [1.807, 2.05) is 0 Å². The normalized spacial score (nSPS) is 14.5. The molecule has 0 spiro atoms. The quantitative estimate of drug-likeness (QED) is 0.0570. The van der Waals surface area contributed by atoms with Gasteiger partial charge in [-0.3, -0.25) is 14.5 Å². The summed E-state index contributed by atoms with van der Waals surface area (Å²) in [5.41, 5.74) is 0. The summed E-state index contributed by atoms with van der Waals surface area (Å²) in [5.74, 6) is 1.44. The molecule has 1 fully saturated rings. The molecule has 6 heteroatoms. The minimum Gasteiger partial charge on any atom is -0.341 e. The molecule has 1 unspecified atom stereocenters. The van der Waals surface area contributed by atoms with Crippen LogP contribution < -0.4 is 0 Å². The third-order valence-electron chi connectivity index (χ3n) is 14.4. The number of hydrogen-bond acceptors (Lipinski definition) is 5. The van der Waals surface area contributed by atoms with Crippen LogP contribution in [-0.2, 0) is 9.59 Å². The number of nitrogens with zero attached hydrogens (tertiary/aromatic N) is 4. The van der Waals surface area contributed by atoms with Gasteiger partial charge in [0, 0.05) is 39.0 Å². The van der Waals surface area contributed by atoms with Crippen molar-refractivity contribution in [3.8, 4) is 0 Å². The molecule has 1 rings (SSSR count). The second kappa shape index (κ2) is 46.1. The van der Waals surface area contributed by atoms with Crippen LogP contribution in [0.2, 0.25) is 0 Å². The summed E-state index contributed by atoms with van der Waals surface area (Å²) in [4.78, 5) is 37.2. The van der Waals surface area contributed by atoms with Crippen molar-refractivity contribution in [2.24, 2.45) is 5.92 Å². The Morgan fingerprint density at radius 2 is 0.746 bits per heavy atom. The first kappa shape index (κ1) is 60.0. The van der Waals surface area contributed by atoms with Crippen LogP contribution >= 0.6 is 0 Å². The summed E-state index contributed by atoms with van der Waals surface area (Å²) in [6.45, 7) is 22.9. The van der Waals surface area contributed by atoms with Crippen molar-refractivity contribution in [2.45, 2.75) is 279 Å². The SMILES string of the molecule is CCCCCCCCCN(CCCC(=O)CCCCCC)CCC1CCCN(C(=O)CN(CCCCCCCCC)CCN(CCCCCCCCC)CCCCCCCCC)C1. The van der Waals surface area contributed by atoms with Crippen LogP contribution in [0.5, 0.6) is 0 Å². The smallest absolute Gasteiger partial charge is 0.236 e. The molecule has 0 aromatic carbocycles. The number of piperidine rings is 1. The maximum atomic E-state index is 14.2. The Bertz CT molecular complexity index is 958. The molecule has 1 heterocycles. The molecule has 0 N–H and O–H groups in total. The maximum Gasteiger partial charge on any atom is 0.236 e. The molecule has 1 saturated heterocycles. The number of unbranched alkanes of at least 4 members (excludes halogenated alkanes) is 27. The van der Waals surface area contributed by atoms with Crippen LogP contribution in [0.1, 0.15) is 279 Å². The number of Topliss-reactive ketones (excluding diaryl/α,β-unsaturated/α-hetero) is 1. The lowest BCUT2D eigenvalue weighted by Crippen LogP contribution is -2.47. The molecule has 374 valence electrons. The second-order valence-corrected chi connectivity index (χ2v) is 20.5. The average Bonchev–Trinajstić information content (AvgIpc) is 3.29. The number of ketones is 1. The number of carbonyl (C=O) groups excluding carboxylic acids is 2. The van der Waals surface area contributed by atoms with Gasteiger partial charge >= 0.3 is 0 Å². The molecule has 0 saturated carbocycles. The molecule has 0 aromatic rings. The van der Waals surface area contributed by atoms with Crippen LogP contribution in [0.3, 0.4) is 0 Å². The molecule has 6 nitrogen and oxygen atoms in total. The molecular weight excluding hydrogens is 773 g/mol. The van der Waals surface area contributed by atoms with Gasteiger partial charge in [0.2, 0.25) is 5.91 Å². The number of rotatable bonds is 49. The van der Waals surface area contributed by atoms with Gasteiger partial charge in [0.25, 0.3) is 0 Å². The molecule has 1 atom stereocenters. The fourth-order valence-corrected chi connectivity index (χ4v) is 9.95. The predicted octanol–water partition coefficient (Wildman–Crippen LogP) is 15.8. The Hall–Kier alpha value is -0.980. The molecule has 1 amide bonds. The van der Waals surface area contributed by atoms with Crippen molar-refractivity contribution in [3.05, 3.63) is 0 Å². The summed E-state index contributed by atoms with van der Waals surface area (Å²) < 4.78 is 0. The van der Waals surface area contributed by atoms with Gasteiger partial charge in [-0.15, -0.1) is 0 Å². The maximum absolute atomic E-state index is 14.2. The van der Waals surface area contributed by atoms with E-state index in [1.54, 1.807) is 0 Å². The molecular formula is C57H114N4O2. The Labute approximate surface area is 396 Å². The minimum atomic E-state index is 0.380. The van der Waals surface area contributed by atoms with Crippen molar-refractivity contribution in [1.29, 1.82) is 0 Å². The highest BCUT2D eigenvalue weighted by Crippen LogP contribution is 2.22. The average molecular weight is 888 g/mol. The lowest BCUT2D eigenvalue weighted by molar-refractivity contribution is -0.134. The fraction of sp³-hybridized carbons (Fsp3) is 0.965. The zero-order valence-electron chi connectivity index (χ0n) is 43.8. The molecule has 0 aliphatic carbocycles. The highest BCUT2D eigenvalue weighted by atomic mass is 16.2. The second-order valence-electron chi connectivity index (χ2n) is 20.5. The van der Waals surface area contributed by atoms with Crippen molar-refractivity contribution < 1.29 is 9.59 Å². The summed E-state index contributed by atoms with van der Waals surface area (Å²) in [7, 11) is 0. The van der Waals surface area contributed by atoms with Gasteiger partial charge < -0.3 is 14.7 Å². The number of amides is 1. The van der Waals surface area contributed by atoms with Crippen LogP contribution in [0.15, 0.2) is 0 Å². The van der Waals surface area contributed by atoms with Crippen molar-refractivity contribution in [3.63, 3.8) is 0 Å². The Morgan fingerprint density at radius 1 is 0.397 bits per heavy atom. The lowest BCUT2D eigenvalue weighted by Gasteiger charge is -2.36. The number of likely N-dealkylation sites (tertiary alicyclic amines) is 1. The summed E-state index contributed by atoms with van der Waals surface area (Å²) >= 11 is 0. The van der Waals surface area contributed by atoms with E-state index in [2.05, 4.69) is 54.2 Å². The van der Waals surface area contributed by atoms with Gasteiger partial charge in [-0.1, -0.05) is 208 Å². The van der Waals surface area contributed by atoms with E-state index in [0.29, 0.717) is 24.2 Å². The fourth-order valence-electron chi connectivity index (χ4n) is 9.95. The third kappa shape index (κ3) is 37.8. The van der Waals surface area contributed by atoms with Crippen LogP contribution in [0.4, 0.5) is 0 Å². The molecule has 0 aromatic heterocycles. The standard InChI is InChI=1S/C57H114N4O2/c1-6-11-16-21-25-29-34-44-58(48-39-42-56(62)41-33-20-15-10-5)50-43-55-40-38-49-61(53-55)57(63)54-60(47-37-32-28-24-19-14-9-4)52-51-59(45-35-30-26-22-17-12-7-2)46-36-31-27-23-18-13-8-3/h55H,6-54H2,1-5H3. The minimum absolute atomic E-state index is 0.380. The Kier molecular flexibility index (Phi) is 44.0. The Morgan fingerprint density at radius 3 is 1.21 bits per heavy atom.